The van der Waals surface area contributed by atoms with Crippen LogP contribution in [0.4, 0.5) is 10.6 Å². The molecule has 1 aliphatic carbocycles. The molecular weight excluding hydrogens is 366 g/mol. The summed E-state index contributed by atoms with van der Waals surface area (Å²) in [6.07, 6.45) is 10.2. The molecule has 29 heavy (non-hydrogen) atoms. The third-order valence-corrected chi connectivity index (χ3v) is 5.75. The first-order valence-corrected chi connectivity index (χ1v) is 10.3. The highest BCUT2D eigenvalue weighted by atomic mass is 16.2. The Kier molecular flexibility index (Phi) is 4.85. The third-order valence-electron chi connectivity index (χ3n) is 5.75. The molecule has 1 saturated carbocycles. The van der Waals surface area contributed by atoms with Crippen molar-refractivity contribution >= 4 is 22.9 Å². The number of carbonyl (C=O) groups excluding carboxylic acids is 1. The van der Waals surface area contributed by atoms with Gasteiger partial charge in [0.25, 0.3) is 0 Å². The van der Waals surface area contributed by atoms with Gasteiger partial charge in [0, 0.05) is 55.1 Å². The number of amides is 2. The second-order valence-corrected chi connectivity index (χ2v) is 8.01. The van der Waals surface area contributed by atoms with E-state index < -0.39 is 0 Å². The van der Waals surface area contributed by atoms with Gasteiger partial charge in [-0.15, -0.1) is 0 Å². The van der Waals surface area contributed by atoms with Gasteiger partial charge in [0.1, 0.15) is 5.82 Å². The first kappa shape index (κ1) is 18.1. The highest BCUT2D eigenvalue weighted by Gasteiger charge is 2.18. The molecule has 0 radical (unpaired) electrons. The van der Waals surface area contributed by atoms with E-state index >= 15 is 0 Å². The lowest BCUT2D eigenvalue weighted by atomic mass is 10.0. The molecule has 0 atom stereocenters. The quantitative estimate of drug-likeness (QED) is 0.621. The summed E-state index contributed by atoms with van der Waals surface area (Å²) in [5, 5.41) is 13.6. The number of anilines is 1. The summed E-state index contributed by atoms with van der Waals surface area (Å²) in [4.78, 5) is 21.3. The highest BCUT2D eigenvalue weighted by molar-refractivity contribution is 5.90. The molecule has 0 bridgehead atoms. The van der Waals surface area contributed by atoms with Crippen LogP contribution in [0.1, 0.15) is 25.7 Å². The zero-order chi connectivity index (χ0) is 19.6. The van der Waals surface area contributed by atoms with Crippen molar-refractivity contribution in [1.29, 1.82) is 0 Å². The number of fused-ring (bicyclic) bond motifs is 1. The fraction of sp³-hybridized carbons (Fsp3) is 0.429. The zero-order valence-corrected chi connectivity index (χ0v) is 16.3. The molecule has 3 N–H and O–H groups in total. The lowest BCUT2D eigenvalue weighted by Crippen LogP contribution is -2.44. The fourth-order valence-electron chi connectivity index (χ4n) is 4.00. The van der Waals surface area contributed by atoms with Crippen LogP contribution in [0.25, 0.3) is 22.2 Å². The van der Waals surface area contributed by atoms with Crippen LogP contribution in [0.5, 0.6) is 0 Å². The number of hydrogen-bond acceptors (Lipinski definition) is 5. The smallest absolute Gasteiger partial charge is 0.320 e. The summed E-state index contributed by atoms with van der Waals surface area (Å²) in [5.74, 6) is 1.18. The van der Waals surface area contributed by atoms with Crippen molar-refractivity contribution in [2.45, 2.75) is 38.3 Å². The Morgan fingerprint density at radius 1 is 1.14 bits per heavy atom. The van der Waals surface area contributed by atoms with Crippen molar-refractivity contribution in [3.63, 3.8) is 0 Å². The minimum Gasteiger partial charge on any atom is -0.335 e. The molecule has 0 spiro atoms. The average Bonchev–Trinajstić information content (AvgIpc) is 3.36. The summed E-state index contributed by atoms with van der Waals surface area (Å²) in [6.45, 7) is 3.04. The number of hydrogen-bond donors (Lipinski definition) is 3. The summed E-state index contributed by atoms with van der Waals surface area (Å²) in [7, 11) is 0. The minimum atomic E-state index is -0.195. The number of carbonyl (C=O) groups is 1. The van der Waals surface area contributed by atoms with Crippen molar-refractivity contribution < 1.29 is 4.79 Å². The van der Waals surface area contributed by atoms with Crippen molar-refractivity contribution in [3.8, 4) is 11.1 Å². The molecule has 8 heteroatoms. The molecule has 5 rings (SSSR count). The Hall–Kier alpha value is -3.00. The van der Waals surface area contributed by atoms with E-state index in [0.717, 1.165) is 54.6 Å². The Balaban J connectivity index is 1.31. The minimum absolute atomic E-state index is 0.195. The van der Waals surface area contributed by atoms with E-state index in [2.05, 4.69) is 37.2 Å². The van der Waals surface area contributed by atoms with Gasteiger partial charge in [0.15, 0.2) is 0 Å². The Morgan fingerprint density at radius 3 is 2.79 bits per heavy atom. The summed E-state index contributed by atoms with van der Waals surface area (Å²) >= 11 is 0. The van der Waals surface area contributed by atoms with Crippen LogP contribution in [0.3, 0.4) is 0 Å². The summed E-state index contributed by atoms with van der Waals surface area (Å²) in [6, 6.07) is 5.74. The van der Waals surface area contributed by atoms with Crippen LogP contribution >= 0.6 is 0 Å². The van der Waals surface area contributed by atoms with Gasteiger partial charge in [-0.1, -0.05) is 12.8 Å². The van der Waals surface area contributed by atoms with Gasteiger partial charge in [0.2, 0.25) is 0 Å². The van der Waals surface area contributed by atoms with Crippen LogP contribution in [-0.2, 0) is 6.54 Å². The van der Waals surface area contributed by atoms with E-state index in [-0.39, 0.29) is 12.1 Å². The Morgan fingerprint density at radius 2 is 2.00 bits per heavy atom. The first-order valence-electron chi connectivity index (χ1n) is 10.3. The van der Waals surface area contributed by atoms with Crippen LogP contribution < -0.4 is 16.0 Å². The second-order valence-electron chi connectivity index (χ2n) is 8.01. The van der Waals surface area contributed by atoms with Gasteiger partial charge in [-0.2, -0.15) is 5.10 Å². The predicted octanol–water partition coefficient (Wildman–Crippen LogP) is 2.78. The SMILES string of the molecule is O=C(Nc1ccc2ncc(-c3cnn(CC4CNC4)c3)cc2n1)NC1CCCC1. The molecule has 3 aromatic rings. The monoisotopic (exact) mass is 391 g/mol. The molecule has 8 nitrogen and oxygen atoms in total. The number of rotatable bonds is 5. The molecule has 4 heterocycles. The zero-order valence-electron chi connectivity index (χ0n) is 16.3. The molecule has 3 aromatic heterocycles. The van der Waals surface area contributed by atoms with E-state index in [1.54, 1.807) is 6.07 Å². The van der Waals surface area contributed by atoms with Crippen molar-refractivity contribution in [2.75, 3.05) is 18.4 Å². The third kappa shape index (κ3) is 4.07. The summed E-state index contributed by atoms with van der Waals surface area (Å²) < 4.78 is 1.99. The number of nitrogens with zero attached hydrogens (tertiary/aromatic N) is 4. The van der Waals surface area contributed by atoms with Crippen molar-refractivity contribution in [2.24, 2.45) is 5.92 Å². The molecular formula is C21H25N7O. The predicted molar refractivity (Wildman–Crippen MR) is 112 cm³/mol. The first-order chi connectivity index (χ1) is 14.2. The lowest BCUT2D eigenvalue weighted by Gasteiger charge is -2.26. The van der Waals surface area contributed by atoms with E-state index in [0.29, 0.717) is 11.7 Å². The largest absolute Gasteiger partial charge is 0.335 e. The van der Waals surface area contributed by atoms with E-state index in [4.69, 9.17) is 0 Å². The maximum absolute atomic E-state index is 12.2. The van der Waals surface area contributed by atoms with Crippen LogP contribution in [0.15, 0.2) is 36.8 Å². The molecule has 0 unspecified atom stereocenters. The van der Waals surface area contributed by atoms with Gasteiger partial charge >= 0.3 is 6.03 Å². The van der Waals surface area contributed by atoms with E-state index in [9.17, 15) is 4.79 Å². The van der Waals surface area contributed by atoms with Crippen molar-refractivity contribution in [3.05, 3.63) is 36.8 Å². The van der Waals surface area contributed by atoms with Crippen LogP contribution in [-0.4, -0.2) is 44.9 Å². The van der Waals surface area contributed by atoms with Crippen LogP contribution in [0.2, 0.25) is 0 Å². The fourth-order valence-corrected chi connectivity index (χ4v) is 4.00. The standard InChI is InChI=1S/C21H25N7O/c29-21(25-17-3-1-2-4-17)27-20-6-5-18-19(26-20)7-15(10-23-18)16-11-24-28(13-16)12-14-8-22-9-14/h5-7,10-11,13-14,17,22H,1-4,8-9,12H2,(H2,25,26,27,29). The molecule has 150 valence electrons. The number of urea groups is 1. The molecule has 2 fully saturated rings. The normalized spacial score (nSPS) is 17.4. The van der Waals surface area contributed by atoms with Gasteiger partial charge < -0.3 is 10.6 Å². The topological polar surface area (TPSA) is 96.8 Å². The maximum atomic E-state index is 12.2. The van der Waals surface area contributed by atoms with Crippen LogP contribution in [0, 0.1) is 5.92 Å². The average molecular weight is 391 g/mol. The van der Waals surface area contributed by atoms with E-state index in [1.807, 2.05) is 29.2 Å². The van der Waals surface area contributed by atoms with E-state index in [1.165, 1.54) is 12.8 Å². The molecule has 1 saturated heterocycles. The number of nitrogens with one attached hydrogen (secondary N) is 3. The van der Waals surface area contributed by atoms with Crippen molar-refractivity contribution in [1.82, 2.24) is 30.4 Å². The molecule has 1 aliphatic heterocycles. The Bertz CT molecular complexity index is 1020. The molecule has 2 aliphatic rings. The van der Waals surface area contributed by atoms with Gasteiger partial charge in [0.05, 0.1) is 17.2 Å². The second kappa shape index (κ2) is 7.79. The van der Waals surface area contributed by atoms with Gasteiger partial charge in [-0.25, -0.2) is 9.78 Å². The number of aromatic nitrogens is 4. The molecule has 2 amide bonds. The van der Waals surface area contributed by atoms with Gasteiger partial charge in [-0.05, 0) is 31.0 Å². The lowest BCUT2D eigenvalue weighted by molar-refractivity contribution is 0.248. The highest BCUT2D eigenvalue weighted by Crippen LogP contribution is 2.23. The number of pyridine rings is 2. The Labute approximate surface area is 169 Å². The maximum Gasteiger partial charge on any atom is 0.320 e. The van der Waals surface area contributed by atoms with Gasteiger partial charge in [-0.3, -0.25) is 15.0 Å². The summed E-state index contributed by atoms with van der Waals surface area (Å²) in [5.41, 5.74) is 3.53. The molecule has 0 aromatic carbocycles.